The Bertz CT molecular complexity index is 432. The molecule has 0 amide bonds. The standard InChI is InChI=1S/C16H24F3NO/c1-4-12-6-7-14(10-13(12)5-2)15(20-3)8-9-21-11-16(17,18)19/h6-7,10,15,20H,4-5,8-9,11H2,1-3H3. The van der Waals surface area contributed by atoms with E-state index in [0.29, 0.717) is 6.42 Å². The Morgan fingerprint density at radius 2 is 1.81 bits per heavy atom. The minimum Gasteiger partial charge on any atom is -0.372 e. The lowest BCUT2D eigenvalue weighted by Crippen LogP contribution is -2.21. The van der Waals surface area contributed by atoms with Gasteiger partial charge in [0.15, 0.2) is 0 Å². The molecule has 0 aliphatic heterocycles. The Kier molecular flexibility index (Phi) is 7.18. The van der Waals surface area contributed by atoms with Gasteiger partial charge in [-0.25, -0.2) is 0 Å². The van der Waals surface area contributed by atoms with Crippen LogP contribution in [0.2, 0.25) is 0 Å². The molecule has 0 saturated carbocycles. The van der Waals surface area contributed by atoms with Crippen molar-refractivity contribution in [2.24, 2.45) is 0 Å². The number of alkyl halides is 3. The quantitative estimate of drug-likeness (QED) is 0.732. The SMILES string of the molecule is CCc1ccc(C(CCOCC(F)(F)F)NC)cc1CC. The van der Waals surface area contributed by atoms with Gasteiger partial charge >= 0.3 is 6.18 Å². The highest BCUT2D eigenvalue weighted by Gasteiger charge is 2.27. The third kappa shape index (κ3) is 6.06. The van der Waals surface area contributed by atoms with Gasteiger partial charge in [-0.2, -0.15) is 13.2 Å². The summed E-state index contributed by atoms with van der Waals surface area (Å²) >= 11 is 0. The number of hydrogen-bond acceptors (Lipinski definition) is 2. The van der Waals surface area contributed by atoms with Gasteiger partial charge in [0.2, 0.25) is 0 Å². The van der Waals surface area contributed by atoms with Crippen LogP contribution in [-0.2, 0) is 17.6 Å². The second kappa shape index (κ2) is 8.39. The smallest absolute Gasteiger partial charge is 0.372 e. The summed E-state index contributed by atoms with van der Waals surface area (Å²) in [7, 11) is 1.81. The van der Waals surface area contributed by atoms with Crippen LogP contribution in [0.5, 0.6) is 0 Å². The summed E-state index contributed by atoms with van der Waals surface area (Å²) in [5.74, 6) is 0. The number of ether oxygens (including phenoxy) is 1. The molecule has 1 aromatic rings. The molecule has 1 rings (SSSR count). The molecule has 0 fully saturated rings. The first-order chi connectivity index (χ1) is 9.91. The highest BCUT2D eigenvalue weighted by Crippen LogP contribution is 2.22. The Hall–Kier alpha value is -1.07. The summed E-state index contributed by atoms with van der Waals surface area (Å²) in [6.45, 7) is 3.13. The van der Waals surface area contributed by atoms with E-state index >= 15 is 0 Å². The molecule has 120 valence electrons. The molecule has 0 heterocycles. The molecular formula is C16H24F3NO. The predicted octanol–water partition coefficient (Wildman–Crippen LogP) is 4.04. The monoisotopic (exact) mass is 303 g/mol. The van der Waals surface area contributed by atoms with Crippen LogP contribution in [0, 0.1) is 0 Å². The lowest BCUT2D eigenvalue weighted by atomic mass is 9.95. The van der Waals surface area contributed by atoms with Gasteiger partial charge in [0, 0.05) is 12.6 Å². The molecule has 1 unspecified atom stereocenters. The van der Waals surface area contributed by atoms with Crippen molar-refractivity contribution >= 4 is 0 Å². The van der Waals surface area contributed by atoms with Crippen LogP contribution in [0.4, 0.5) is 13.2 Å². The van der Waals surface area contributed by atoms with Crippen molar-refractivity contribution in [1.82, 2.24) is 5.32 Å². The highest BCUT2D eigenvalue weighted by molar-refractivity contribution is 5.33. The maximum atomic E-state index is 12.0. The lowest BCUT2D eigenvalue weighted by Gasteiger charge is -2.19. The van der Waals surface area contributed by atoms with Crippen molar-refractivity contribution in [2.45, 2.75) is 45.3 Å². The van der Waals surface area contributed by atoms with Crippen LogP contribution in [0.1, 0.15) is 43.0 Å². The van der Waals surface area contributed by atoms with Crippen molar-refractivity contribution in [3.05, 3.63) is 34.9 Å². The number of aryl methyl sites for hydroxylation is 2. The van der Waals surface area contributed by atoms with E-state index in [1.54, 1.807) is 0 Å². The van der Waals surface area contributed by atoms with Gasteiger partial charge in [0.1, 0.15) is 6.61 Å². The van der Waals surface area contributed by atoms with E-state index < -0.39 is 12.8 Å². The van der Waals surface area contributed by atoms with E-state index in [9.17, 15) is 13.2 Å². The Labute approximate surface area is 124 Å². The van der Waals surface area contributed by atoms with Gasteiger partial charge in [-0.15, -0.1) is 0 Å². The van der Waals surface area contributed by atoms with Gasteiger partial charge in [-0.3, -0.25) is 0 Å². The van der Waals surface area contributed by atoms with E-state index in [0.717, 1.165) is 18.4 Å². The van der Waals surface area contributed by atoms with Crippen molar-refractivity contribution in [3.8, 4) is 0 Å². The van der Waals surface area contributed by atoms with E-state index in [-0.39, 0.29) is 12.6 Å². The summed E-state index contributed by atoms with van der Waals surface area (Å²) in [6, 6.07) is 6.30. The summed E-state index contributed by atoms with van der Waals surface area (Å²) in [5.41, 5.74) is 3.72. The molecule has 5 heteroatoms. The van der Waals surface area contributed by atoms with Crippen molar-refractivity contribution in [3.63, 3.8) is 0 Å². The normalized spacial score (nSPS) is 13.4. The second-order valence-corrected chi connectivity index (χ2v) is 5.03. The number of halogens is 3. The topological polar surface area (TPSA) is 21.3 Å². The fourth-order valence-corrected chi connectivity index (χ4v) is 2.40. The Morgan fingerprint density at radius 3 is 2.33 bits per heavy atom. The first-order valence-corrected chi connectivity index (χ1v) is 7.34. The fraction of sp³-hybridized carbons (Fsp3) is 0.625. The number of hydrogen-bond donors (Lipinski definition) is 1. The molecule has 0 spiro atoms. The lowest BCUT2D eigenvalue weighted by molar-refractivity contribution is -0.174. The molecule has 0 aromatic heterocycles. The van der Waals surface area contributed by atoms with E-state index in [2.05, 4.69) is 36.0 Å². The van der Waals surface area contributed by atoms with Crippen LogP contribution in [0.3, 0.4) is 0 Å². The zero-order valence-corrected chi connectivity index (χ0v) is 12.9. The van der Waals surface area contributed by atoms with Crippen molar-refractivity contribution < 1.29 is 17.9 Å². The first-order valence-electron chi connectivity index (χ1n) is 7.34. The largest absolute Gasteiger partial charge is 0.411 e. The summed E-state index contributed by atoms with van der Waals surface area (Å²) < 4.78 is 40.8. The van der Waals surface area contributed by atoms with Gasteiger partial charge < -0.3 is 10.1 Å². The molecule has 0 radical (unpaired) electrons. The van der Waals surface area contributed by atoms with Crippen LogP contribution in [0.25, 0.3) is 0 Å². The average Bonchev–Trinajstić information content (AvgIpc) is 2.45. The minimum atomic E-state index is -4.26. The van der Waals surface area contributed by atoms with Gasteiger partial charge in [0.25, 0.3) is 0 Å². The van der Waals surface area contributed by atoms with Gasteiger partial charge in [-0.05, 0) is 43.0 Å². The molecule has 0 aliphatic rings. The first kappa shape index (κ1) is 18.0. The van der Waals surface area contributed by atoms with Crippen LogP contribution in [-0.4, -0.2) is 26.4 Å². The summed E-state index contributed by atoms with van der Waals surface area (Å²) in [5, 5.41) is 3.14. The Balaban J connectivity index is 2.63. The van der Waals surface area contributed by atoms with Crippen LogP contribution < -0.4 is 5.32 Å². The van der Waals surface area contributed by atoms with Gasteiger partial charge in [0.05, 0.1) is 0 Å². The fourth-order valence-electron chi connectivity index (χ4n) is 2.40. The Morgan fingerprint density at radius 1 is 1.14 bits per heavy atom. The van der Waals surface area contributed by atoms with E-state index in [1.165, 1.54) is 11.1 Å². The van der Waals surface area contributed by atoms with E-state index in [4.69, 9.17) is 0 Å². The van der Waals surface area contributed by atoms with Crippen LogP contribution in [0.15, 0.2) is 18.2 Å². The number of benzene rings is 1. The highest BCUT2D eigenvalue weighted by atomic mass is 19.4. The molecule has 1 aromatic carbocycles. The third-order valence-electron chi connectivity index (χ3n) is 3.56. The molecule has 1 N–H and O–H groups in total. The molecule has 21 heavy (non-hydrogen) atoms. The maximum Gasteiger partial charge on any atom is 0.411 e. The molecule has 0 bridgehead atoms. The maximum absolute atomic E-state index is 12.0. The molecule has 2 nitrogen and oxygen atoms in total. The molecule has 0 saturated heterocycles. The van der Waals surface area contributed by atoms with E-state index in [1.807, 2.05) is 13.1 Å². The number of rotatable bonds is 8. The summed E-state index contributed by atoms with van der Waals surface area (Å²) in [6.07, 6.45) is -1.80. The van der Waals surface area contributed by atoms with Crippen molar-refractivity contribution in [1.29, 1.82) is 0 Å². The molecular weight excluding hydrogens is 279 g/mol. The second-order valence-electron chi connectivity index (χ2n) is 5.03. The number of nitrogens with one attached hydrogen (secondary N) is 1. The average molecular weight is 303 g/mol. The predicted molar refractivity (Wildman–Crippen MR) is 78.5 cm³/mol. The molecule has 1 atom stereocenters. The summed E-state index contributed by atoms with van der Waals surface area (Å²) in [4.78, 5) is 0. The zero-order valence-electron chi connectivity index (χ0n) is 12.9. The van der Waals surface area contributed by atoms with Gasteiger partial charge in [-0.1, -0.05) is 32.0 Å². The van der Waals surface area contributed by atoms with Crippen molar-refractivity contribution in [2.75, 3.05) is 20.3 Å². The van der Waals surface area contributed by atoms with Crippen LogP contribution >= 0.6 is 0 Å². The molecule has 0 aliphatic carbocycles. The minimum absolute atomic E-state index is 0.00874. The third-order valence-corrected chi connectivity index (χ3v) is 3.56. The zero-order chi connectivity index (χ0) is 15.9.